The van der Waals surface area contributed by atoms with Crippen molar-refractivity contribution in [2.24, 2.45) is 0 Å². The number of carbonyl (C=O) groups is 1. The number of aromatic carboxylic acids is 1. The van der Waals surface area contributed by atoms with Gasteiger partial charge in [-0.25, -0.2) is 9.48 Å². The molecule has 0 bridgehead atoms. The third kappa shape index (κ3) is 5.18. The highest BCUT2D eigenvalue weighted by atomic mass is 35.5. The van der Waals surface area contributed by atoms with Gasteiger partial charge in [-0.15, -0.1) is 0 Å². The van der Waals surface area contributed by atoms with Crippen molar-refractivity contribution in [1.82, 2.24) is 9.78 Å². The summed E-state index contributed by atoms with van der Waals surface area (Å²) < 4.78 is 8.15. The number of halogens is 2. The van der Waals surface area contributed by atoms with E-state index in [2.05, 4.69) is 23.8 Å². The van der Waals surface area contributed by atoms with Gasteiger partial charge >= 0.3 is 5.97 Å². The van der Waals surface area contributed by atoms with E-state index in [4.69, 9.17) is 33.0 Å². The lowest BCUT2D eigenvalue weighted by Gasteiger charge is -2.33. The summed E-state index contributed by atoms with van der Waals surface area (Å²) in [6.45, 7) is 6.39. The monoisotopic (exact) mass is 487 g/mol. The maximum atomic E-state index is 11.1. The van der Waals surface area contributed by atoms with Gasteiger partial charge in [-0.05, 0) is 60.7 Å². The van der Waals surface area contributed by atoms with Crippen LogP contribution >= 0.6 is 23.2 Å². The van der Waals surface area contributed by atoms with Crippen LogP contribution in [0.15, 0.2) is 48.7 Å². The Morgan fingerprint density at radius 2 is 1.76 bits per heavy atom. The molecule has 174 valence electrons. The van der Waals surface area contributed by atoms with E-state index in [1.807, 2.05) is 36.5 Å². The van der Waals surface area contributed by atoms with Crippen LogP contribution in [0, 0.1) is 0 Å². The number of ether oxygens (including phenoxy) is 1. The molecule has 2 aromatic carbocycles. The molecule has 0 aliphatic carbocycles. The molecule has 3 aromatic rings. The van der Waals surface area contributed by atoms with Crippen LogP contribution < -0.4 is 4.90 Å². The first-order valence-electron chi connectivity index (χ1n) is 11.1. The maximum Gasteiger partial charge on any atom is 0.335 e. The molecule has 33 heavy (non-hydrogen) atoms. The molecule has 1 fully saturated rings. The predicted octanol–water partition coefficient (Wildman–Crippen LogP) is 6.19. The third-order valence-corrected chi connectivity index (χ3v) is 6.66. The molecule has 6 nitrogen and oxygen atoms in total. The Bertz CT molecular complexity index is 1100. The summed E-state index contributed by atoms with van der Waals surface area (Å²) in [4.78, 5) is 13.3. The SMILES string of the molecule is CC(C)c1cnn(-c2c(Cl)cccc2Cl)c1COC1CCN(c2ccc(C(=O)O)cc2)CC1. The Morgan fingerprint density at radius 3 is 2.33 bits per heavy atom. The van der Waals surface area contributed by atoms with E-state index in [9.17, 15) is 4.79 Å². The normalized spacial score (nSPS) is 14.8. The topological polar surface area (TPSA) is 67.6 Å². The van der Waals surface area contributed by atoms with Crippen LogP contribution in [0.25, 0.3) is 5.69 Å². The number of carboxylic acids is 1. The zero-order chi connectivity index (χ0) is 23.5. The number of hydrogen-bond acceptors (Lipinski definition) is 4. The number of aromatic nitrogens is 2. The van der Waals surface area contributed by atoms with Crippen molar-refractivity contribution in [3.05, 3.63) is 75.5 Å². The molecule has 1 N–H and O–H groups in total. The number of para-hydroxylation sites is 1. The summed E-state index contributed by atoms with van der Waals surface area (Å²) in [7, 11) is 0. The van der Waals surface area contributed by atoms with Gasteiger partial charge in [-0.2, -0.15) is 5.10 Å². The van der Waals surface area contributed by atoms with Gasteiger partial charge in [0, 0.05) is 18.8 Å². The smallest absolute Gasteiger partial charge is 0.335 e. The third-order valence-electron chi connectivity index (χ3n) is 6.05. The largest absolute Gasteiger partial charge is 0.478 e. The van der Waals surface area contributed by atoms with Gasteiger partial charge in [0.25, 0.3) is 0 Å². The molecular formula is C25H27Cl2N3O3. The highest BCUT2D eigenvalue weighted by Gasteiger charge is 2.23. The minimum absolute atomic E-state index is 0.129. The zero-order valence-electron chi connectivity index (χ0n) is 18.7. The van der Waals surface area contributed by atoms with E-state index in [-0.39, 0.29) is 12.0 Å². The van der Waals surface area contributed by atoms with Crippen LogP contribution in [0.4, 0.5) is 5.69 Å². The van der Waals surface area contributed by atoms with Crippen molar-refractivity contribution >= 4 is 34.9 Å². The molecule has 0 unspecified atom stereocenters. The number of nitrogens with zero attached hydrogens (tertiary/aromatic N) is 3. The van der Waals surface area contributed by atoms with Gasteiger partial charge in [-0.1, -0.05) is 43.1 Å². The first kappa shape index (κ1) is 23.6. The Morgan fingerprint density at radius 1 is 1.12 bits per heavy atom. The highest BCUT2D eigenvalue weighted by Crippen LogP contribution is 2.32. The lowest BCUT2D eigenvalue weighted by atomic mass is 10.0. The predicted molar refractivity (Wildman–Crippen MR) is 131 cm³/mol. The molecule has 1 saturated heterocycles. The molecule has 0 atom stereocenters. The summed E-state index contributed by atoms with van der Waals surface area (Å²) in [5.74, 6) is -0.624. The molecule has 0 spiro atoms. The van der Waals surface area contributed by atoms with Crippen molar-refractivity contribution in [2.75, 3.05) is 18.0 Å². The quantitative estimate of drug-likeness (QED) is 0.430. The van der Waals surface area contributed by atoms with E-state index in [1.165, 1.54) is 0 Å². The van der Waals surface area contributed by atoms with Crippen LogP contribution in [0.2, 0.25) is 10.0 Å². The zero-order valence-corrected chi connectivity index (χ0v) is 20.2. The summed E-state index contributed by atoms with van der Waals surface area (Å²) in [5, 5.41) is 14.8. The number of piperidine rings is 1. The standard InChI is InChI=1S/C25H27Cl2N3O3/c1-16(2)20-14-28-30(24-21(26)4-3-5-22(24)27)23(20)15-33-19-10-12-29(13-11-19)18-8-6-17(7-9-18)25(31)32/h3-9,14,16,19H,10-13,15H2,1-2H3,(H,31,32). The van der Waals surface area contributed by atoms with Gasteiger partial charge in [-0.3, -0.25) is 0 Å². The summed E-state index contributed by atoms with van der Waals surface area (Å²) in [6.07, 6.45) is 3.77. The number of hydrogen-bond donors (Lipinski definition) is 1. The lowest BCUT2D eigenvalue weighted by Crippen LogP contribution is -2.37. The summed E-state index contributed by atoms with van der Waals surface area (Å²) >= 11 is 12.9. The molecular weight excluding hydrogens is 461 g/mol. The van der Waals surface area contributed by atoms with Crippen molar-refractivity contribution in [1.29, 1.82) is 0 Å². The van der Waals surface area contributed by atoms with E-state index in [0.717, 1.165) is 42.9 Å². The molecule has 0 saturated carbocycles. The first-order chi connectivity index (χ1) is 15.8. The second-order valence-electron chi connectivity index (χ2n) is 8.53. The minimum atomic E-state index is -0.910. The van der Waals surface area contributed by atoms with Crippen LogP contribution in [-0.4, -0.2) is 40.0 Å². The average molecular weight is 488 g/mol. The summed E-state index contributed by atoms with van der Waals surface area (Å²) in [6, 6.07) is 12.5. The Labute approximate surface area is 203 Å². The van der Waals surface area contributed by atoms with Crippen molar-refractivity contribution < 1.29 is 14.6 Å². The fourth-order valence-electron chi connectivity index (χ4n) is 4.19. The van der Waals surface area contributed by atoms with Crippen molar-refractivity contribution in [2.45, 2.75) is 45.3 Å². The number of benzene rings is 2. The molecule has 2 heterocycles. The molecule has 8 heteroatoms. The van der Waals surface area contributed by atoms with Crippen LogP contribution in [0.5, 0.6) is 0 Å². The van der Waals surface area contributed by atoms with E-state index < -0.39 is 5.97 Å². The Kier molecular flexibility index (Phi) is 7.27. The molecule has 1 aliphatic heterocycles. The first-order valence-corrected chi connectivity index (χ1v) is 11.8. The minimum Gasteiger partial charge on any atom is -0.478 e. The van der Waals surface area contributed by atoms with Gasteiger partial charge < -0.3 is 14.7 Å². The number of carboxylic acid groups (broad SMARTS) is 1. The second kappa shape index (κ2) is 10.2. The highest BCUT2D eigenvalue weighted by molar-refractivity contribution is 6.37. The van der Waals surface area contributed by atoms with Gasteiger partial charge in [0.2, 0.25) is 0 Å². The van der Waals surface area contributed by atoms with Crippen molar-refractivity contribution in [3.8, 4) is 5.69 Å². The number of anilines is 1. The van der Waals surface area contributed by atoms with Crippen LogP contribution in [0.1, 0.15) is 54.2 Å². The summed E-state index contributed by atoms with van der Waals surface area (Å²) in [5.41, 5.74) is 4.08. The molecule has 4 rings (SSSR count). The van der Waals surface area contributed by atoms with Gasteiger partial charge in [0.15, 0.2) is 0 Å². The molecule has 0 amide bonds. The van der Waals surface area contributed by atoms with Gasteiger partial charge in [0.1, 0.15) is 5.69 Å². The lowest BCUT2D eigenvalue weighted by molar-refractivity contribution is 0.0221. The maximum absolute atomic E-state index is 11.1. The van der Waals surface area contributed by atoms with Gasteiger partial charge in [0.05, 0.1) is 40.2 Å². The van der Waals surface area contributed by atoms with Crippen molar-refractivity contribution in [3.63, 3.8) is 0 Å². The average Bonchev–Trinajstić information content (AvgIpc) is 3.22. The van der Waals surface area contributed by atoms with E-state index >= 15 is 0 Å². The fraction of sp³-hybridized carbons (Fsp3) is 0.360. The van der Waals surface area contributed by atoms with E-state index in [1.54, 1.807) is 16.8 Å². The molecule has 1 aliphatic rings. The fourth-order valence-corrected chi connectivity index (χ4v) is 4.75. The Balaban J connectivity index is 1.44. The van der Waals surface area contributed by atoms with E-state index in [0.29, 0.717) is 27.9 Å². The second-order valence-corrected chi connectivity index (χ2v) is 9.35. The molecule has 0 radical (unpaired) electrons. The van der Waals surface area contributed by atoms with Crippen LogP contribution in [-0.2, 0) is 11.3 Å². The van der Waals surface area contributed by atoms with Crippen LogP contribution in [0.3, 0.4) is 0 Å². The number of rotatable bonds is 7. The Hall–Kier alpha value is -2.54. The molecule has 1 aromatic heterocycles.